The Morgan fingerprint density at radius 3 is 2.74 bits per heavy atom. The molecule has 0 spiro atoms. The predicted molar refractivity (Wildman–Crippen MR) is 125 cm³/mol. The second-order valence-electron chi connectivity index (χ2n) is 7.18. The number of rotatable bonds is 6. The van der Waals surface area contributed by atoms with Crippen LogP contribution < -0.4 is 10.1 Å². The first-order valence-electron chi connectivity index (χ1n) is 9.90. The predicted octanol–water partition coefficient (Wildman–Crippen LogP) is 5.30. The third kappa shape index (κ3) is 3.75. The van der Waals surface area contributed by atoms with Crippen LogP contribution in [0.1, 0.15) is 17.4 Å². The second kappa shape index (κ2) is 8.20. The van der Waals surface area contributed by atoms with Crippen LogP contribution in [0.4, 0.5) is 5.82 Å². The fourth-order valence-corrected chi connectivity index (χ4v) is 4.25. The molecule has 154 valence electrons. The van der Waals surface area contributed by atoms with E-state index in [0.717, 1.165) is 39.4 Å². The number of aryl methyl sites for hydroxylation is 1. The molecule has 5 rings (SSSR count). The topological polar surface area (TPSA) is 64.9 Å². The first-order chi connectivity index (χ1) is 15.2. The number of imidazole rings is 1. The van der Waals surface area contributed by atoms with Crippen molar-refractivity contribution in [2.75, 3.05) is 12.4 Å². The molecule has 0 bridgehead atoms. The monoisotopic (exact) mass is 427 g/mol. The van der Waals surface area contributed by atoms with Crippen molar-refractivity contribution in [3.8, 4) is 17.1 Å². The number of hydrogen-bond acceptors (Lipinski definition) is 6. The smallest absolute Gasteiger partial charge is 0.162 e. The van der Waals surface area contributed by atoms with Gasteiger partial charge in [-0.2, -0.15) is 11.3 Å². The van der Waals surface area contributed by atoms with Crippen molar-refractivity contribution in [2.45, 2.75) is 6.04 Å². The van der Waals surface area contributed by atoms with E-state index >= 15 is 0 Å². The summed E-state index contributed by atoms with van der Waals surface area (Å²) in [6, 6.07) is 17.9. The Balaban J connectivity index is 1.66. The molecule has 0 aliphatic rings. The van der Waals surface area contributed by atoms with E-state index in [4.69, 9.17) is 14.7 Å². The van der Waals surface area contributed by atoms with Gasteiger partial charge in [0.2, 0.25) is 0 Å². The lowest BCUT2D eigenvalue weighted by atomic mass is 10.1. The lowest BCUT2D eigenvalue weighted by Gasteiger charge is -2.21. The van der Waals surface area contributed by atoms with E-state index in [9.17, 15) is 0 Å². The van der Waals surface area contributed by atoms with Gasteiger partial charge >= 0.3 is 0 Å². The molecule has 3 heterocycles. The average Bonchev–Trinajstić information content (AvgIpc) is 3.49. The summed E-state index contributed by atoms with van der Waals surface area (Å²) in [5.74, 6) is 3.15. The quantitative estimate of drug-likeness (QED) is 0.398. The van der Waals surface area contributed by atoms with Crippen molar-refractivity contribution in [3.05, 3.63) is 89.1 Å². The molecule has 0 saturated carbocycles. The lowest BCUT2D eigenvalue weighted by Crippen LogP contribution is -2.18. The largest absolute Gasteiger partial charge is 0.497 e. The summed E-state index contributed by atoms with van der Waals surface area (Å²) in [4.78, 5) is 14.3. The molecule has 0 aliphatic carbocycles. The fourth-order valence-electron chi connectivity index (χ4n) is 3.62. The number of para-hydroxylation sites is 1. The van der Waals surface area contributed by atoms with Crippen LogP contribution >= 0.6 is 11.3 Å². The summed E-state index contributed by atoms with van der Waals surface area (Å²) in [6.07, 6.45) is 3.75. The molecule has 0 unspecified atom stereocenters. The molecule has 1 atom stereocenters. The standard InChI is InChI=1S/C24H21N5OS/c1-29-12-11-25-24(29)21(16-6-5-7-18(14-16)30-2)27-23-19-8-3-4-9-20(19)26-22(28-23)17-10-13-31-15-17/h3-15,21H,1-2H3,(H,26,27,28)/t21-/m1/s1. The third-order valence-corrected chi connectivity index (χ3v) is 5.89. The fraction of sp³-hybridized carbons (Fsp3) is 0.125. The van der Waals surface area contributed by atoms with E-state index in [1.165, 1.54) is 0 Å². The van der Waals surface area contributed by atoms with E-state index in [-0.39, 0.29) is 6.04 Å². The zero-order valence-electron chi connectivity index (χ0n) is 17.2. The zero-order valence-corrected chi connectivity index (χ0v) is 18.0. The van der Waals surface area contributed by atoms with Crippen molar-refractivity contribution in [2.24, 2.45) is 7.05 Å². The van der Waals surface area contributed by atoms with E-state index in [1.807, 2.05) is 71.7 Å². The van der Waals surface area contributed by atoms with Gasteiger partial charge in [0.15, 0.2) is 5.82 Å². The maximum absolute atomic E-state index is 5.46. The maximum Gasteiger partial charge on any atom is 0.162 e. The van der Waals surface area contributed by atoms with Crippen LogP contribution in [0.15, 0.2) is 77.8 Å². The normalized spacial score (nSPS) is 12.1. The molecule has 1 N–H and O–H groups in total. The van der Waals surface area contributed by atoms with Gasteiger partial charge in [0.1, 0.15) is 23.4 Å². The maximum atomic E-state index is 5.46. The number of nitrogens with one attached hydrogen (secondary N) is 1. The highest BCUT2D eigenvalue weighted by Crippen LogP contribution is 2.32. The number of anilines is 1. The Morgan fingerprint density at radius 1 is 1.06 bits per heavy atom. The first kappa shape index (κ1) is 19.3. The van der Waals surface area contributed by atoms with E-state index in [0.29, 0.717) is 5.82 Å². The van der Waals surface area contributed by atoms with Gasteiger partial charge in [0.05, 0.1) is 12.6 Å². The minimum absolute atomic E-state index is 0.219. The van der Waals surface area contributed by atoms with Gasteiger partial charge in [0, 0.05) is 35.8 Å². The molecule has 0 saturated heterocycles. The van der Waals surface area contributed by atoms with Gasteiger partial charge in [0.25, 0.3) is 0 Å². The van der Waals surface area contributed by atoms with Gasteiger partial charge in [-0.3, -0.25) is 0 Å². The molecule has 31 heavy (non-hydrogen) atoms. The van der Waals surface area contributed by atoms with Crippen molar-refractivity contribution >= 4 is 28.1 Å². The molecule has 2 aromatic carbocycles. The third-order valence-electron chi connectivity index (χ3n) is 5.21. The Morgan fingerprint density at radius 2 is 1.97 bits per heavy atom. The molecular weight excluding hydrogens is 406 g/mol. The number of methoxy groups -OCH3 is 1. The van der Waals surface area contributed by atoms with Gasteiger partial charge in [-0.25, -0.2) is 15.0 Å². The summed E-state index contributed by atoms with van der Waals surface area (Å²) >= 11 is 1.63. The molecule has 0 fully saturated rings. The van der Waals surface area contributed by atoms with E-state index in [2.05, 4.69) is 21.7 Å². The molecule has 6 nitrogen and oxygen atoms in total. The molecule has 3 aromatic heterocycles. The Hall–Kier alpha value is -3.71. The number of benzene rings is 2. The number of hydrogen-bond donors (Lipinski definition) is 1. The van der Waals surface area contributed by atoms with Crippen LogP contribution in [-0.2, 0) is 7.05 Å². The van der Waals surface area contributed by atoms with Crippen LogP contribution in [0, 0.1) is 0 Å². The lowest BCUT2D eigenvalue weighted by molar-refractivity contribution is 0.414. The van der Waals surface area contributed by atoms with Crippen LogP contribution in [0.5, 0.6) is 5.75 Å². The van der Waals surface area contributed by atoms with Crippen molar-refractivity contribution in [1.29, 1.82) is 0 Å². The first-order valence-corrected chi connectivity index (χ1v) is 10.8. The molecule has 0 aliphatic heterocycles. The molecule has 7 heteroatoms. The number of fused-ring (bicyclic) bond motifs is 1. The van der Waals surface area contributed by atoms with Crippen LogP contribution in [0.2, 0.25) is 0 Å². The molecule has 5 aromatic rings. The van der Waals surface area contributed by atoms with Crippen LogP contribution in [0.3, 0.4) is 0 Å². The highest BCUT2D eigenvalue weighted by Gasteiger charge is 2.21. The number of thiophene rings is 1. The van der Waals surface area contributed by atoms with Crippen molar-refractivity contribution in [3.63, 3.8) is 0 Å². The Labute approximate surface area is 184 Å². The zero-order chi connectivity index (χ0) is 21.2. The second-order valence-corrected chi connectivity index (χ2v) is 7.96. The highest BCUT2D eigenvalue weighted by molar-refractivity contribution is 7.08. The molecule has 0 radical (unpaired) electrons. The van der Waals surface area contributed by atoms with Gasteiger partial charge in [-0.1, -0.05) is 24.3 Å². The van der Waals surface area contributed by atoms with Gasteiger partial charge in [-0.05, 0) is 41.3 Å². The summed E-state index contributed by atoms with van der Waals surface area (Å²) in [6.45, 7) is 0. The molecular formula is C24H21N5OS. The summed E-state index contributed by atoms with van der Waals surface area (Å²) in [7, 11) is 3.67. The average molecular weight is 428 g/mol. The van der Waals surface area contributed by atoms with Crippen molar-refractivity contribution < 1.29 is 4.74 Å². The Bertz CT molecular complexity index is 1330. The van der Waals surface area contributed by atoms with Crippen LogP contribution in [0.25, 0.3) is 22.3 Å². The SMILES string of the molecule is COc1cccc([C@@H](Nc2nc(-c3ccsc3)nc3ccccc23)c2nccn2C)c1. The minimum Gasteiger partial charge on any atom is -0.497 e. The number of nitrogens with zero attached hydrogens (tertiary/aromatic N) is 4. The highest BCUT2D eigenvalue weighted by atomic mass is 32.1. The van der Waals surface area contributed by atoms with Crippen LogP contribution in [-0.4, -0.2) is 26.6 Å². The summed E-state index contributed by atoms with van der Waals surface area (Å²) in [5.41, 5.74) is 2.94. The summed E-state index contributed by atoms with van der Waals surface area (Å²) < 4.78 is 7.48. The minimum atomic E-state index is -0.219. The van der Waals surface area contributed by atoms with E-state index in [1.54, 1.807) is 24.6 Å². The van der Waals surface area contributed by atoms with Crippen molar-refractivity contribution in [1.82, 2.24) is 19.5 Å². The Kier molecular flexibility index (Phi) is 5.09. The van der Waals surface area contributed by atoms with Gasteiger partial charge in [-0.15, -0.1) is 0 Å². The number of aromatic nitrogens is 4. The molecule has 0 amide bonds. The number of ether oxygens (including phenoxy) is 1. The van der Waals surface area contributed by atoms with Gasteiger partial charge < -0.3 is 14.6 Å². The van der Waals surface area contributed by atoms with E-state index < -0.39 is 0 Å². The summed E-state index contributed by atoms with van der Waals surface area (Å²) in [5, 5.41) is 8.71.